The third kappa shape index (κ3) is 2.45. The summed E-state index contributed by atoms with van der Waals surface area (Å²) in [6.45, 7) is 2.06. The number of carbonyl (C=O) groups is 1. The molecule has 0 fully saturated rings. The molecule has 0 aromatic carbocycles. The molecule has 0 saturated carbocycles. The van der Waals surface area contributed by atoms with E-state index in [-0.39, 0.29) is 5.69 Å². The minimum absolute atomic E-state index is 0.274. The zero-order valence-corrected chi connectivity index (χ0v) is 8.41. The number of nitrogen functional groups attached to an aromatic ring is 1. The molecule has 1 aromatic rings. The molecule has 2 N–H and O–H groups in total. The van der Waals surface area contributed by atoms with Gasteiger partial charge in [0.25, 0.3) is 0 Å². The fourth-order valence-electron chi connectivity index (χ4n) is 1.25. The molecular formula is C10H14N2O2. The maximum Gasteiger partial charge on any atom is 0.356 e. The Bertz CT molecular complexity index is 337. The van der Waals surface area contributed by atoms with E-state index in [1.807, 2.05) is 0 Å². The van der Waals surface area contributed by atoms with Gasteiger partial charge in [0, 0.05) is 0 Å². The zero-order valence-electron chi connectivity index (χ0n) is 8.41. The Kier molecular flexibility index (Phi) is 3.45. The van der Waals surface area contributed by atoms with Crippen LogP contribution in [0.2, 0.25) is 0 Å². The number of nitrogens with zero attached hydrogens (tertiary/aromatic N) is 1. The number of pyridine rings is 1. The molecule has 1 aromatic heterocycles. The molecule has 0 saturated heterocycles. The third-order valence-corrected chi connectivity index (χ3v) is 1.84. The molecule has 0 radical (unpaired) electrons. The molecular weight excluding hydrogens is 180 g/mol. The Balaban J connectivity index is 3.00. The first-order chi connectivity index (χ1) is 6.67. The summed E-state index contributed by atoms with van der Waals surface area (Å²) in [7, 11) is 1.33. The maximum atomic E-state index is 11.2. The molecule has 0 bridgehead atoms. The van der Waals surface area contributed by atoms with Crippen LogP contribution in [0.15, 0.2) is 12.1 Å². The summed E-state index contributed by atoms with van der Waals surface area (Å²) in [5.74, 6) is -0.0917. The average Bonchev–Trinajstić information content (AvgIpc) is 2.16. The number of hydrogen-bond donors (Lipinski definition) is 1. The summed E-state index contributed by atoms with van der Waals surface area (Å²) >= 11 is 0. The Labute approximate surface area is 83.1 Å². The van der Waals surface area contributed by atoms with E-state index < -0.39 is 5.97 Å². The number of hydrogen-bond acceptors (Lipinski definition) is 4. The smallest absolute Gasteiger partial charge is 0.356 e. The number of aromatic nitrogens is 1. The monoisotopic (exact) mass is 194 g/mol. The lowest BCUT2D eigenvalue weighted by molar-refractivity contribution is 0.0594. The quantitative estimate of drug-likeness (QED) is 0.739. The van der Waals surface area contributed by atoms with E-state index in [0.29, 0.717) is 5.82 Å². The second-order valence-electron chi connectivity index (χ2n) is 3.03. The zero-order chi connectivity index (χ0) is 10.6. The normalized spacial score (nSPS) is 9.86. The molecule has 14 heavy (non-hydrogen) atoms. The van der Waals surface area contributed by atoms with Gasteiger partial charge in [-0.3, -0.25) is 0 Å². The number of aryl methyl sites for hydroxylation is 1. The average molecular weight is 194 g/mol. The summed E-state index contributed by atoms with van der Waals surface area (Å²) in [4.78, 5) is 15.1. The minimum Gasteiger partial charge on any atom is -0.464 e. The van der Waals surface area contributed by atoms with Gasteiger partial charge in [-0.2, -0.15) is 0 Å². The number of rotatable bonds is 3. The molecule has 0 amide bonds. The molecule has 0 atom stereocenters. The van der Waals surface area contributed by atoms with Crippen molar-refractivity contribution in [1.82, 2.24) is 4.98 Å². The van der Waals surface area contributed by atoms with Crippen molar-refractivity contribution in [3.63, 3.8) is 0 Å². The van der Waals surface area contributed by atoms with Gasteiger partial charge < -0.3 is 10.5 Å². The Morgan fingerprint density at radius 1 is 1.57 bits per heavy atom. The van der Waals surface area contributed by atoms with Crippen LogP contribution < -0.4 is 5.73 Å². The van der Waals surface area contributed by atoms with Gasteiger partial charge in [-0.15, -0.1) is 0 Å². The van der Waals surface area contributed by atoms with E-state index in [1.165, 1.54) is 7.11 Å². The number of anilines is 1. The van der Waals surface area contributed by atoms with Crippen molar-refractivity contribution in [3.05, 3.63) is 23.4 Å². The van der Waals surface area contributed by atoms with E-state index in [2.05, 4.69) is 16.6 Å². The lowest BCUT2D eigenvalue weighted by Gasteiger charge is -2.03. The van der Waals surface area contributed by atoms with E-state index in [4.69, 9.17) is 5.73 Å². The first kappa shape index (κ1) is 10.5. The van der Waals surface area contributed by atoms with Crippen molar-refractivity contribution in [2.45, 2.75) is 19.8 Å². The number of nitrogens with two attached hydrogens (primary N) is 1. The summed E-state index contributed by atoms with van der Waals surface area (Å²) in [5, 5.41) is 0. The van der Waals surface area contributed by atoms with Crippen LogP contribution in [-0.4, -0.2) is 18.1 Å². The third-order valence-electron chi connectivity index (χ3n) is 1.84. The van der Waals surface area contributed by atoms with Crippen molar-refractivity contribution in [3.8, 4) is 0 Å². The summed E-state index contributed by atoms with van der Waals surface area (Å²) in [5.41, 5.74) is 6.85. The Morgan fingerprint density at radius 2 is 2.29 bits per heavy atom. The van der Waals surface area contributed by atoms with Crippen LogP contribution in [0.25, 0.3) is 0 Å². The topological polar surface area (TPSA) is 65.2 Å². The van der Waals surface area contributed by atoms with Crippen LogP contribution in [0.4, 0.5) is 5.82 Å². The fourth-order valence-corrected chi connectivity index (χ4v) is 1.25. The summed E-state index contributed by atoms with van der Waals surface area (Å²) in [6.07, 6.45) is 1.89. The van der Waals surface area contributed by atoms with Gasteiger partial charge in [-0.1, -0.05) is 13.3 Å². The van der Waals surface area contributed by atoms with Crippen molar-refractivity contribution in [2.75, 3.05) is 12.8 Å². The van der Waals surface area contributed by atoms with Gasteiger partial charge in [-0.25, -0.2) is 9.78 Å². The van der Waals surface area contributed by atoms with Crippen LogP contribution in [0.1, 0.15) is 29.4 Å². The molecule has 1 rings (SSSR count). The molecule has 0 aliphatic heterocycles. The second kappa shape index (κ2) is 4.60. The van der Waals surface area contributed by atoms with E-state index in [9.17, 15) is 4.79 Å². The van der Waals surface area contributed by atoms with Crippen molar-refractivity contribution >= 4 is 11.8 Å². The SMILES string of the molecule is CCCc1cc(N)nc(C(=O)OC)c1. The number of methoxy groups -OCH3 is 1. The highest BCUT2D eigenvalue weighted by Crippen LogP contribution is 2.10. The predicted octanol–water partition coefficient (Wildman–Crippen LogP) is 1.40. The lowest BCUT2D eigenvalue weighted by Crippen LogP contribution is -2.07. The fraction of sp³-hybridized carbons (Fsp3) is 0.400. The first-order valence-electron chi connectivity index (χ1n) is 4.52. The molecule has 76 valence electrons. The molecule has 0 aliphatic rings. The van der Waals surface area contributed by atoms with Crippen LogP contribution in [0, 0.1) is 0 Å². The largest absolute Gasteiger partial charge is 0.464 e. The predicted molar refractivity (Wildman–Crippen MR) is 54.0 cm³/mol. The number of esters is 1. The molecule has 0 spiro atoms. The molecule has 4 nitrogen and oxygen atoms in total. The van der Waals surface area contributed by atoms with Crippen molar-refractivity contribution in [1.29, 1.82) is 0 Å². The highest BCUT2D eigenvalue weighted by Gasteiger charge is 2.08. The first-order valence-corrected chi connectivity index (χ1v) is 4.52. The van der Waals surface area contributed by atoms with Gasteiger partial charge in [0.15, 0.2) is 5.69 Å². The summed E-state index contributed by atoms with van der Waals surface area (Å²) < 4.78 is 4.57. The molecule has 1 heterocycles. The number of carbonyl (C=O) groups excluding carboxylic acids is 1. The summed E-state index contributed by atoms with van der Waals surface area (Å²) in [6, 6.07) is 3.49. The number of ether oxygens (including phenoxy) is 1. The highest BCUT2D eigenvalue weighted by atomic mass is 16.5. The lowest BCUT2D eigenvalue weighted by atomic mass is 10.1. The van der Waals surface area contributed by atoms with Gasteiger partial charge >= 0.3 is 5.97 Å². The van der Waals surface area contributed by atoms with Crippen LogP contribution in [0.3, 0.4) is 0 Å². The van der Waals surface area contributed by atoms with Crippen LogP contribution in [-0.2, 0) is 11.2 Å². The van der Waals surface area contributed by atoms with E-state index >= 15 is 0 Å². The van der Waals surface area contributed by atoms with Gasteiger partial charge in [0.2, 0.25) is 0 Å². The highest BCUT2D eigenvalue weighted by molar-refractivity contribution is 5.87. The van der Waals surface area contributed by atoms with Crippen LogP contribution >= 0.6 is 0 Å². The standard InChI is InChI=1S/C10H14N2O2/c1-3-4-7-5-8(10(13)14-2)12-9(11)6-7/h5-6H,3-4H2,1-2H3,(H2,11,12). The van der Waals surface area contributed by atoms with Crippen molar-refractivity contribution < 1.29 is 9.53 Å². The van der Waals surface area contributed by atoms with E-state index in [1.54, 1.807) is 12.1 Å². The molecule has 0 aliphatic carbocycles. The van der Waals surface area contributed by atoms with Crippen molar-refractivity contribution in [2.24, 2.45) is 0 Å². The Hall–Kier alpha value is -1.58. The van der Waals surface area contributed by atoms with Gasteiger partial charge in [-0.05, 0) is 24.1 Å². The van der Waals surface area contributed by atoms with E-state index in [0.717, 1.165) is 18.4 Å². The van der Waals surface area contributed by atoms with Gasteiger partial charge in [0.05, 0.1) is 7.11 Å². The second-order valence-corrected chi connectivity index (χ2v) is 3.03. The van der Waals surface area contributed by atoms with Gasteiger partial charge in [0.1, 0.15) is 5.82 Å². The molecule has 4 heteroatoms. The minimum atomic E-state index is -0.449. The Morgan fingerprint density at radius 3 is 2.86 bits per heavy atom. The molecule has 0 unspecified atom stereocenters. The van der Waals surface area contributed by atoms with Crippen LogP contribution in [0.5, 0.6) is 0 Å². The maximum absolute atomic E-state index is 11.2.